The molecule has 0 radical (unpaired) electrons. The van der Waals surface area contributed by atoms with E-state index in [9.17, 15) is 0 Å². The highest BCUT2D eigenvalue weighted by Gasteiger charge is 2.11. The molecular formula is C12H23N3OS. The van der Waals surface area contributed by atoms with E-state index in [0.29, 0.717) is 0 Å². The molecule has 0 aromatic carbocycles. The molecule has 0 spiro atoms. The second-order valence-corrected chi connectivity index (χ2v) is 5.24. The number of aryl methyl sites for hydroxylation is 1. The molecule has 0 bridgehead atoms. The lowest BCUT2D eigenvalue weighted by atomic mass is 10.2. The number of ether oxygens (including phenoxy) is 1. The Hall–Kier alpha value is -0.650. The van der Waals surface area contributed by atoms with Gasteiger partial charge in [0.2, 0.25) is 0 Å². The van der Waals surface area contributed by atoms with Crippen LogP contribution < -0.4 is 10.2 Å². The Kier molecular flexibility index (Phi) is 6.47. The zero-order valence-corrected chi connectivity index (χ0v) is 12.1. The first kappa shape index (κ1) is 14.4. The highest BCUT2D eigenvalue weighted by atomic mass is 32.1. The average Bonchev–Trinajstić information content (AvgIpc) is 2.69. The summed E-state index contributed by atoms with van der Waals surface area (Å²) in [7, 11) is 5.80. The van der Waals surface area contributed by atoms with Gasteiger partial charge in [-0.3, -0.25) is 0 Å². The molecule has 1 aromatic heterocycles. The van der Waals surface area contributed by atoms with Gasteiger partial charge in [0.1, 0.15) is 0 Å². The standard InChI is InChI=1S/C12H23N3OS/c1-5-6-10-11(9-13-7-8-16-4)17-12(14-10)15(2)3/h13H,5-9H2,1-4H3. The molecule has 0 unspecified atom stereocenters. The third kappa shape index (κ3) is 4.61. The summed E-state index contributed by atoms with van der Waals surface area (Å²) in [5.74, 6) is 0. The van der Waals surface area contributed by atoms with Gasteiger partial charge in [0.05, 0.1) is 12.3 Å². The maximum atomic E-state index is 5.02. The Morgan fingerprint density at radius 3 is 2.76 bits per heavy atom. The Balaban J connectivity index is 2.60. The van der Waals surface area contributed by atoms with Crippen LogP contribution in [0.25, 0.3) is 0 Å². The summed E-state index contributed by atoms with van der Waals surface area (Å²) in [6.07, 6.45) is 2.20. The third-order valence-corrected chi connectivity index (χ3v) is 3.67. The van der Waals surface area contributed by atoms with E-state index in [4.69, 9.17) is 4.74 Å². The third-order valence-electron chi connectivity index (χ3n) is 2.40. The number of hydrogen-bond donors (Lipinski definition) is 1. The van der Waals surface area contributed by atoms with Gasteiger partial charge in [0.25, 0.3) is 0 Å². The zero-order chi connectivity index (χ0) is 12.7. The SMILES string of the molecule is CCCc1nc(N(C)C)sc1CNCCOC. The van der Waals surface area contributed by atoms with Gasteiger partial charge in [-0.15, -0.1) is 11.3 Å². The minimum absolute atomic E-state index is 0.752. The molecule has 0 aliphatic carbocycles. The number of anilines is 1. The van der Waals surface area contributed by atoms with Crippen LogP contribution in [0.2, 0.25) is 0 Å². The average molecular weight is 257 g/mol. The number of methoxy groups -OCH3 is 1. The van der Waals surface area contributed by atoms with Gasteiger partial charge in [-0.25, -0.2) is 4.98 Å². The summed E-state index contributed by atoms with van der Waals surface area (Å²) in [6.45, 7) is 4.72. The molecule has 0 aliphatic heterocycles. The fraction of sp³-hybridized carbons (Fsp3) is 0.750. The summed E-state index contributed by atoms with van der Waals surface area (Å²) < 4.78 is 5.02. The quantitative estimate of drug-likeness (QED) is 0.722. The van der Waals surface area contributed by atoms with Gasteiger partial charge in [0.15, 0.2) is 5.13 Å². The Bertz CT molecular complexity index is 326. The molecule has 0 fully saturated rings. The smallest absolute Gasteiger partial charge is 0.185 e. The van der Waals surface area contributed by atoms with Crippen LogP contribution in [-0.2, 0) is 17.7 Å². The molecule has 1 aromatic rings. The maximum absolute atomic E-state index is 5.02. The molecule has 4 nitrogen and oxygen atoms in total. The lowest BCUT2D eigenvalue weighted by Gasteiger charge is -2.05. The fourth-order valence-electron chi connectivity index (χ4n) is 1.51. The predicted molar refractivity (Wildman–Crippen MR) is 74.0 cm³/mol. The Labute approximate surface area is 108 Å². The highest BCUT2D eigenvalue weighted by molar-refractivity contribution is 7.15. The van der Waals surface area contributed by atoms with E-state index >= 15 is 0 Å². The van der Waals surface area contributed by atoms with Gasteiger partial charge in [-0.2, -0.15) is 0 Å². The molecule has 0 atom stereocenters. The Morgan fingerprint density at radius 2 is 2.18 bits per heavy atom. The summed E-state index contributed by atoms with van der Waals surface area (Å²) >= 11 is 1.78. The summed E-state index contributed by atoms with van der Waals surface area (Å²) in [6, 6.07) is 0. The highest BCUT2D eigenvalue weighted by Crippen LogP contribution is 2.25. The van der Waals surface area contributed by atoms with Crippen LogP contribution in [0.3, 0.4) is 0 Å². The Morgan fingerprint density at radius 1 is 1.41 bits per heavy atom. The normalized spacial score (nSPS) is 10.8. The summed E-state index contributed by atoms with van der Waals surface area (Å²) in [4.78, 5) is 8.10. The zero-order valence-electron chi connectivity index (χ0n) is 11.2. The molecule has 1 rings (SSSR count). The van der Waals surface area contributed by atoms with Crippen molar-refractivity contribution in [1.82, 2.24) is 10.3 Å². The molecule has 1 heterocycles. The molecule has 5 heteroatoms. The number of nitrogens with zero attached hydrogens (tertiary/aromatic N) is 2. The van der Waals surface area contributed by atoms with Gasteiger partial charge in [0, 0.05) is 39.2 Å². The molecule has 0 aliphatic rings. The number of hydrogen-bond acceptors (Lipinski definition) is 5. The number of rotatable bonds is 8. The predicted octanol–water partition coefficient (Wildman–Crippen LogP) is 1.90. The second-order valence-electron chi connectivity index (χ2n) is 4.18. The van der Waals surface area contributed by atoms with Crippen LogP contribution in [0.1, 0.15) is 23.9 Å². The summed E-state index contributed by atoms with van der Waals surface area (Å²) in [5.41, 5.74) is 1.24. The van der Waals surface area contributed by atoms with Crippen molar-refractivity contribution in [3.05, 3.63) is 10.6 Å². The molecule has 1 N–H and O–H groups in total. The first-order valence-corrected chi connectivity index (χ1v) is 6.86. The van der Waals surface area contributed by atoms with E-state index in [-0.39, 0.29) is 0 Å². The first-order chi connectivity index (χ1) is 8.19. The van der Waals surface area contributed by atoms with Gasteiger partial charge < -0.3 is 15.0 Å². The van der Waals surface area contributed by atoms with Crippen LogP contribution in [0.5, 0.6) is 0 Å². The van der Waals surface area contributed by atoms with Crippen LogP contribution in [-0.4, -0.2) is 39.3 Å². The molecule has 17 heavy (non-hydrogen) atoms. The van der Waals surface area contributed by atoms with Crippen molar-refractivity contribution in [1.29, 1.82) is 0 Å². The van der Waals surface area contributed by atoms with E-state index < -0.39 is 0 Å². The van der Waals surface area contributed by atoms with E-state index in [1.54, 1.807) is 18.4 Å². The minimum atomic E-state index is 0.752. The van der Waals surface area contributed by atoms with Crippen molar-refractivity contribution in [2.75, 3.05) is 39.3 Å². The summed E-state index contributed by atoms with van der Waals surface area (Å²) in [5, 5.41) is 4.48. The largest absolute Gasteiger partial charge is 0.383 e. The molecule has 0 amide bonds. The van der Waals surface area contributed by atoms with Crippen molar-refractivity contribution in [3.8, 4) is 0 Å². The molecule has 0 saturated heterocycles. The van der Waals surface area contributed by atoms with Crippen molar-refractivity contribution in [3.63, 3.8) is 0 Å². The van der Waals surface area contributed by atoms with Crippen molar-refractivity contribution < 1.29 is 4.74 Å². The number of aromatic nitrogens is 1. The van der Waals surface area contributed by atoms with Crippen molar-refractivity contribution >= 4 is 16.5 Å². The van der Waals surface area contributed by atoms with Crippen LogP contribution in [0.15, 0.2) is 0 Å². The topological polar surface area (TPSA) is 37.4 Å². The van der Waals surface area contributed by atoms with E-state index in [0.717, 1.165) is 37.7 Å². The fourth-order valence-corrected chi connectivity index (χ4v) is 2.51. The van der Waals surface area contributed by atoms with E-state index in [1.807, 2.05) is 14.1 Å². The minimum Gasteiger partial charge on any atom is -0.383 e. The van der Waals surface area contributed by atoms with E-state index in [2.05, 4.69) is 22.1 Å². The van der Waals surface area contributed by atoms with Gasteiger partial charge in [-0.1, -0.05) is 13.3 Å². The monoisotopic (exact) mass is 257 g/mol. The van der Waals surface area contributed by atoms with Crippen LogP contribution >= 0.6 is 11.3 Å². The lowest BCUT2D eigenvalue weighted by molar-refractivity contribution is 0.199. The van der Waals surface area contributed by atoms with Gasteiger partial charge >= 0.3 is 0 Å². The molecule has 0 saturated carbocycles. The van der Waals surface area contributed by atoms with Crippen LogP contribution in [0.4, 0.5) is 5.13 Å². The van der Waals surface area contributed by atoms with Crippen molar-refractivity contribution in [2.45, 2.75) is 26.3 Å². The maximum Gasteiger partial charge on any atom is 0.185 e. The lowest BCUT2D eigenvalue weighted by Crippen LogP contribution is -2.18. The van der Waals surface area contributed by atoms with Crippen LogP contribution in [0, 0.1) is 0 Å². The molecule has 98 valence electrons. The number of nitrogens with one attached hydrogen (secondary N) is 1. The van der Waals surface area contributed by atoms with E-state index in [1.165, 1.54) is 10.6 Å². The first-order valence-electron chi connectivity index (χ1n) is 6.04. The molecular weight excluding hydrogens is 234 g/mol. The van der Waals surface area contributed by atoms with Gasteiger partial charge in [-0.05, 0) is 6.42 Å². The van der Waals surface area contributed by atoms with Crippen molar-refractivity contribution in [2.24, 2.45) is 0 Å². The second kappa shape index (κ2) is 7.63. The number of thiazole rings is 1.